The number of fused-ring (bicyclic) bond motifs is 3. The molecule has 0 N–H and O–H groups in total. The molecule has 0 saturated heterocycles. The molecule has 7 rings (SSSR count). The maximum absolute atomic E-state index is 6.70. The van der Waals surface area contributed by atoms with Crippen molar-refractivity contribution in [2.75, 3.05) is 0 Å². The number of hydrogen-bond acceptors (Lipinski definition) is 3. The minimum Gasteiger partial charge on any atom is -0.457 e. The summed E-state index contributed by atoms with van der Waals surface area (Å²) in [7, 11) is 0. The van der Waals surface area contributed by atoms with Crippen molar-refractivity contribution >= 4 is 21.8 Å². The van der Waals surface area contributed by atoms with Crippen LogP contribution in [0.5, 0.6) is 11.5 Å². The van der Waals surface area contributed by atoms with E-state index in [4.69, 9.17) is 14.8 Å². The average Bonchev–Trinajstić information content (AvgIpc) is 3.66. The fourth-order valence-electron chi connectivity index (χ4n) is 6.65. The molecule has 3 heterocycles. The lowest BCUT2D eigenvalue weighted by Crippen LogP contribution is -2.12. The maximum atomic E-state index is 6.70. The zero-order chi connectivity index (χ0) is 33.0. The lowest BCUT2D eigenvalue weighted by molar-refractivity contribution is 0.478. The minimum atomic E-state index is -0.0860. The molecular weight excluding hydrogens is 576 g/mol. The van der Waals surface area contributed by atoms with E-state index in [1.807, 2.05) is 17.1 Å². The Morgan fingerprint density at radius 3 is 2.23 bits per heavy atom. The van der Waals surface area contributed by atoms with E-state index in [1.54, 1.807) is 0 Å². The van der Waals surface area contributed by atoms with E-state index in [2.05, 4.69) is 145 Å². The third-order valence-electron chi connectivity index (χ3n) is 9.59. The van der Waals surface area contributed by atoms with Gasteiger partial charge in [-0.2, -0.15) is 5.10 Å². The SMILES string of the molecule is CCc1ccnc(-n2c3ccccc3c3ccc(Oc4cc(-n5cc(-c6c(C)c(C)cc(C)c6C)cn5)cc(C(C)(C)C)c4)cc32)c1. The summed E-state index contributed by atoms with van der Waals surface area (Å²) in [6.07, 6.45) is 6.97. The molecule has 0 aliphatic heterocycles. The Bertz CT molecular complexity index is 2270. The van der Waals surface area contributed by atoms with Crippen LogP contribution in [0, 0.1) is 27.7 Å². The van der Waals surface area contributed by atoms with Gasteiger partial charge in [0, 0.05) is 40.9 Å². The molecule has 0 bridgehead atoms. The van der Waals surface area contributed by atoms with Crippen LogP contribution in [-0.2, 0) is 11.8 Å². The Balaban J connectivity index is 1.32. The van der Waals surface area contributed by atoms with Crippen LogP contribution in [0.4, 0.5) is 0 Å². The van der Waals surface area contributed by atoms with E-state index in [-0.39, 0.29) is 5.41 Å². The quantitative estimate of drug-likeness (QED) is 0.186. The van der Waals surface area contributed by atoms with E-state index >= 15 is 0 Å². The number of pyridine rings is 1. The fraction of sp³-hybridized carbons (Fsp3) is 0.238. The first-order valence-electron chi connectivity index (χ1n) is 16.5. The Labute approximate surface area is 277 Å². The zero-order valence-corrected chi connectivity index (χ0v) is 28.6. The standard InChI is InChI=1S/C42H42N4O/c1-9-30-16-17-43-40(19-30)46-38-13-11-10-12-36(38)37-15-14-34(23-39(37)46)47-35-21-32(42(6,7)8)20-33(22-35)45-25-31(24-44-45)41-28(4)26(2)18-27(3)29(41)5/h10-25H,9H2,1-8H3. The van der Waals surface area contributed by atoms with Crippen molar-refractivity contribution < 1.29 is 4.74 Å². The molecule has 0 spiro atoms. The zero-order valence-electron chi connectivity index (χ0n) is 28.6. The van der Waals surface area contributed by atoms with Gasteiger partial charge >= 0.3 is 0 Å². The number of aryl methyl sites for hydroxylation is 3. The molecule has 0 saturated carbocycles. The molecule has 0 unspecified atom stereocenters. The van der Waals surface area contributed by atoms with Gasteiger partial charge in [0.25, 0.3) is 0 Å². The molecule has 5 nitrogen and oxygen atoms in total. The summed E-state index contributed by atoms with van der Waals surface area (Å²) in [5.74, 6) is 2.46. The molecule has 47 heavy (non-hydrogen) atoms. The first kappa shape index (κ1) is 30.5. The summed E-state index contributed by atoms with van der Waals surface area (Å²) in [4.78, 5) is 4.78. The molecular formula is C42H42N4O. The molecule has 0 aliphatic rings. The molecule has 3 aromatic heterocycles. The monoisotopic (exact) mass is 618 g/mol. The Hall–Kier alpha value is -5.16. The van der Waals surface area contributed by atoms with E-state index < -0.39 is 0 Å². The summed E-state index contributed by atoms with van der Waals surface area (Å²) in [5, 5.41) is 7.21. The highest BCUT2D eigenvalue weighted by molar-refractivity contribution is 6.09. The Kier molecular flexibility index (Phi) is 7.51. The number of para-hydroxylation sites is 1. The summed E-state index contributed by atoms with van der Waals surface area (Å²) in [6.45, 7) is 17.6. The predicted octanol–water partition coefficient (Wildman–Crippen LogP) is 10.9. The minimum absolute atomic E-state index is 0.0860. The number of rotatable bonds is 6. The normalized spacial score (nSPS) is 11.9. The molecule has 0 amide bonds. The topological polar surface area (TPSA) is 44.9 Å². The average molecular weight is 619 g/mol. The van der Waals surface area contributed by atoms with Gasteiger partial charge < -0.3 is 4.74 Å². The molecule has 0 fully saturated rings. The van der Waals surface area contributed by atoms with Gasteiger partial charge in [0.2, 0.25) is 0 Å². The molecule has 0 aliphatic carbocycles. The Morgan fingerprint density at radius 1 is 0.745 bits per heavy atom. The van der Waals surface area contributed by atoms with Crippen LogP contribution in [0.2, 0.25) is 0 Å². The van der Waals surface area contributed by atoms with Crippen molar-refractivity contribution in [3.8, 4) is 34.1 Å². The van der Waals surface area contributed by atoms with E-state index in [0.29, 0.717) is 0 Å². The van der Waals surface area contributed by atoms with Gasteiger partial charge in [0.05, 0.1) is 22.9 Å². The van der Waals surface area contributed by atoms with Crippen LogP contribution in [0.3, 0.4) is 0 Å². The highest BCUT2D eigenvalue weighted by Crippen LogP contribution is 2.37. The van der Waals surface area contributed by atoms with Gasteiger partial charge in [-0.05, 0) is 121 Å². The second-order valence-electron chi connectivity index (χ2n) is 13.8. The highest BCUT2D eigenvalue weighted by Gasteiger charge is 2.19. The Morgan fingerprint density at radius 2 is 1.49 bits per heavy atom. The van der Waals surface area contributed by atoms with E-state index in [1.165, 1.54) is 49.7 Å². The highest BCUT2D eigenvalue weighted by atomic mass is 16.5. The summed E-state index contributed by atoms with van der Waals surface area (Å²) in [6, 6.07) is 27.9. The van der Waals surface area contributed by atoms with E-state index in [9.17, 15) is 0 Å². The van der Waals surface area contributed by atoms with Crippen LogP contribution in [0.15, 0.2) is 97.5 Å². The van der Waals surface area contributed by atoms with Crippen molar-refractivity contribution in [3.05, 3.63) is 131 Å². The molecule has 0 atom stereocenters. The van der Waals surface area contributed by atoms with Gasteiger partial charge in [-0.3, -0.25) is 4.57 Å². The summed E-state index contributed by atoms with van der Waals surface area (Å²) < 4.78 is 10.9. The van der Waals surface area contributed by atoms with E-state index in [0.717, 1.165) is 46.0 Å². The van der Waals surface area contributed by atoms with Crippen LogP contribution < -0.4 is 4.74 Å². The maximum Gasteiger partial charge on any atom is 0.137 e. The molecule has 4 aromatic carbocycles. The molecule has 5 heteroatoms. The van der Waals surface area contributed by atoms with Gasteiger partial charge in [-0.25, -0.2) is 9.67 Å². The first-order chi connectivity index (χ1) is 22.5. The third kappa shape index (κ3) is 5.50. The van der Waals surface area contributed by atoms with Gasteiger partial charge in [-0.15, -0.1) is 0 Å². The predicted molar refractivity (Wildman–Crippen MR) is 195 cm³/mol. The fourth-order valence-corrected chi connectivity index (χ4v) is 6.65. The van der Waals surface area contributed by atoms with Crippen molar-refractivity contribution in [1.82, 2.24) is 19.3 Å². The van der Waals surface area contributed by atoms with Crippen LogP contribution in [-0.4, -0.2) is 19.3 Å². The largest absolute Gasteiger partial charge is 0.457 e. The summed E-state index contributed by atoms with van der Waals surface area (Å²) in [5.41, 5.74) is 13.1. The van der Waals surface area contributed by atoms with Crippen molar-refractivity contribution in [2.24, 2.45) is 0 Å². The third-order valence-corrected chi connectivity index (χ3v) is 9.59. The second-order valence-corrected chi connectivity index (χ2v) is 13.8. The van der Waals surface area contributed by atoms with Crippen LogP contribution in [0.25, 0.3) is 44.4 Å². The van der Waals surface area contributed by atoms with Crippen molar-refractivity contribution in [2.45, 2.75) is 67.2 Å². The smallest absolute Gasteiger partial charge is 0.137 e. The molecule has 7 aromatic rings. The number of aromatic nitrogens is 4. The van der Waals surface area contributed by atoms with Crippen LogP contribution >= 0.6 is 0 Å². The van der Waals surface area contributed by atoms with Crippen molar-refractivity contribution in [1.29, 1.82) is 0 Å². The molecule has 236 valence electrons. The van der Waals surface area contributed by atoms with Crippen LogP contribution in [0.1, 0.15) is 61.1 Å². The first-order valence-corrected chi connectivity index (χ1v) is 16.5. The van der Waals surface area contributed by atoms with Gasteiger partial charge in [-0.1, -0.05) is 52.0 Å². The number of hydrogen-bond donors (Lipinski definition) is 0. The number of nitrogens with zero attached hydrogens (tertiary/aromatic N) is 4. The van der Waals surface area contributed by atoms with Gasteiger partial charge in [0.15, 0.2) is 0 Å². The van der Waals surface area contributed by atoms with Crippen molar-refractivity contribution in [3.63, 3.8) is 0 Å². The molecule has 0 radical (unpaired) electrons. The second kappa shape index (κ2) is 11.6. The lowest BCUT2D eigenvalue weighted by atomic mass is 9.86. The summed E-state index contributed by atoms with van der Waals surface area (Å²) >= 11 is 0. The lowest BCUT2D eigenvalue weighted by Gasteiger charge is -2.21. The number of benzene rings is 4. The van der Waals surface area contributed by atoms with Gasteiger partial charge in [0.1, 0.15) is 17.3 Å². The number of ether oxygens (including phenoxy) is 1.